The fraction of sp³-hybridized carbons (Fsp3) is 0.778. The van der Waals surface area contributed by atoms with E-state index in [9.17, 15) is 9.90 Å². The standard InChI is InChI=1S/C9H15N5O2/c1-3-9(7(15)16)5-4-6-14(9)8-10-11-12-13(8)2/h3-6H2,1-2H3,(H,15,16). The summed E-state index contributed by atoms with van der Waals surface area (Å²) in [6.07, 6.45) is 2.05. The summed E-state index contributed by atoms with van der Waals surface area (Å²) in [5, 5.41) is 20.6. The molecule has 1 unspecified atom stereocenters. The fourth-order valence-corrected chi connectivity index (χ4v) is 2.36. The van der Waals surface area contributed by atoms with Crippen molar-refractivity contribution in [2.24, 2.45) is 7.05 Å². The number of hydrogen-bond acceptors (Lipinski definition) is 5. The lowest BCUT2D eigenvalue weighted by Gasteiger charge is -2.33. The molecule has 0 amide bonds. The van der Waals surface area contributed by atoms with E-state index in [4.69, 9.17) is 0 Å². The van der Waals surface area contributed by atoms with E-state index in [-0.39, 0.29) is 0 Å². The molecule has 0 spiro atoms. The Labute approximate surface area is 93.0 Å². The van der Waals surface area contributed by atoms with Crippen molar-refractivity contribution >= 4 is 11.9 Å². The van der Waals surface area contributed by atoms with E-state index in [1.165, 1.54) is 4.68 Å². The summed E-state index contributed by atoms with van der Waals surface area (Å²) in [7, 11) is 1.72. The number of carbonyl (C=O) groups is 1. The average molecular weight is 225 g/mol. The second-order valence-electron chi connectivity index (χ2n) is 4.05. The van der Waals surface area contributed by atoms with Crippen LogP contribution in [0.1, 0.15) is 26.2 Å². The van der Waals surface area contributed by atoms with Crippen molar-refractivity contribution in [1.29, 1.82) is 0 Å². The van der Waals surface area contributed by atoms with Crippen molar-refractivity contribution in [1.82, 2.24) is 20.2 Å². The molecular formula is C9H15N5O2. The summed E-state index contributed by atoms with van der Waals surface area (Å²) in [6, 6.07) is 0. The molecule has 2 heterocycles. The predicted octanol–water partition coefficient (Wildman–Crippen LogP) is 0.0437. The maximum atomic E-state index is 11.5. The van der Waals surface area contributed by atoms with Crippen LogP contribution in [0.3, 0.4) is 0 Å². The lowest BCUT2D eigenvalue weighted by atomic mass is 9.93. The van der Waals surface area contributed by atoms with Crippen molar-refractivity contribution in [2.75, 3.05) is 11.4 Å². The fourth-order valence-electron chi connectivity index (χ4n) is 2.36. The number of aryl methyl sites for hydroxylation is 1. The summed E-state index contributed by atoms with van der Waals surface area (Å²) in [5.41, 5.74) is -0.845. The van der Waals surface area contributed by atoms with Gasteiger partial charge in [-0.2, -0.15) is 0 Å². The summed E-state index contributed by atoms with van der Waals surface area (Å²) in [6.45, 7) is 2.57. The van der Waals surface area contributed by atoms with Gasteiger partial charge in [-0.05, 0) is 29.7 Å². The van der Waals surface area contributed by atoms with Crippen LogP contribution < -0.4 is 4.90 Å². The van der Waals surface area contributed by atoms with Gasteiger partial charge in [-0.3, -0.25) is 0 Å². The molecule has 16 heavy (non-hydrogen) atoms. The number of tetrazole rings is 1. The van der Waals surface area contributed by atoms with E-state index >= 15 is 0 Å². The average Bonchev–Trinajstić information content (AvgIpc) is 2.83. The number of carboxylic acids is 1. The van der Waals surface area contributed by atoms with Crippen LogP contribution in [0.15, 0.2) is 0 Å². The maximum absolute atomic E-state index is 11.5. The zero-order valence-electron chi connectivity index (χ0n) is 9.42. The maximum Gasteiger partial charge on any atom is 0.329 e. The first-order chi connectivity index (χ1) is 7.62. The van der Waals surface area contributed by atoms with E-state index in [0.29, 0.717) is 25.3 Å². The Balaban J connectivity index is 2.41. The minimum absolute atomic E-state index is 0.529. The van der Waals surface area contributed by atoms with Gasteiger partial charge < -0.3 is 10.0 Å². The zero-order chi connectivity index (χ0) is 11.8. The predicted molar refractivity (Wildman–Crippen MR) is 56.0 cm³/mol. The van der Waals surface area contributed by atoms with Crippen LogP contribution in [0.25, 0.3) is 0 Å². The molecule has 88 valence electrons. The number of nitrogens with zero attached hydrogens (tertiary/aromatic N) is 5. The van der Waals surface area contributed by atoms with Gasteiger partial charge in [0, 0.05) is 13.6 Å². The van der Waals surface area contributed by atoms with E-state index in [0.717, 1.165) is 6.42 Å². The lowest BCUT2D eigenvalue weighted by Crippen LogP contribution is -2.51. The Hall–Kier alpha value is -1.66. The van der Waals surface area contributed by atoms with E-state index in [1.54, 1.807) is 11.9 Å². The van der Waals surface area contributed by atoms with Gasteiger partial charge in [-0.15, -0.1) is 0 Å². The Bertz CT molecular complexity index is 404. The summed E-state index contributed by atoms with van der Waals surface area (Å²) < 4.78 is 1.51. The van der Waals surface area contributed by atoms with Gasteiger partial charge in [0.15, 0.2) is 0 Å². The monoisotopic (exact) mass is 225 g/mol. The number of hydrogen-bond donors (Lipinski definition) is 1. The minimum atomic E-state index is -0.845. The van der Waals surface area contributed by atoms with E-state index in [2.05, 4.69) is 15.5 Å². The van der Waals surface area contributed by atoms with Crippen molar-refractivity contribution in [3.05, 3.63) is 0 Å². The van der Waals surface area contributed by atoms with Gasteiger partial charge in [-0.25, -0.2) is 9.48 Å². The summed E-state index contributed by atoms with van der Waals surface area (Å²) >= 11 is 0. The van der Waals surface area contributed by atoms with Gasteiger partial charge in [-0.1, -0.05) is 12.0 Å². The highest BCUT2D eigenvalue weighted by Crippen LogP contribution is 2.35. The van der Waals surface area contributed by atoms with Crippen LogP contribution in [0.4, 0.5) is 5.95 Å². The summed E-state index contributed by atoms with van der Waals surface area (Å²) in [4.78, 5) is 13.3. The SMILES string of the molecule is CCC1(C(=O)O)CCCN1c1nnnn1C. The van der Waals surface area contributed by atoms with Gasteiger partial charge in [0.2, 0.25) is 5.95 Å². The number of aliphatic carboxylic acids is 1. The highest BCUT2D eigenvalue weighted by atomic mass is 16.4. The third-order valence-corrected chi connectivity index (χ3v) is 3.31. The van der Waals surface area contributed by atoms with Crippen LogP contribution in [-0.2, 0) is 11.8 Å². The zero-order valence-corrected chi connectivity index (χ0v) is 9.42. The molecule has 0 radical (unpaired) electrons. The molecular weight excluding hydrogens is 210 g/mol. The molecule has 0 aromatic carbocycles. The Morgan fingerprint density at radius 2 is 2.38 bits per heavy atom. The molecule has 0 aliphatic carbocycles. The van der Waals surface area contributed by atoms with Crippen LogP contribution in [0, 0.1) is 0 Å². The van der Waals surface area contributed by atoms with Crippen molar-refractivity contribution in [2.45, 2.75) is 31.7 Å². The Morgan fingerprint density at radius 1 is 1.62 bits per heavy atom. The molecule has 7 heteroatoms. The molecule has 1 aliphatic heterocycles. The molecule has 1 atom stereocenters. The first-order valence-electron chi connectivity index (χ1n) is 5.35. The molecule has 2 rings (SSSR count). The van der Waals surface area contributed by atoms with Gasteiger partial charge in [0.25, 0.3) is 0 Å². The Morgan fingerprint density at radius 3 is 2.88 bits per heavy atom. The smallest absolute Gasteiger partial charge is 0.329 e. The molecule has 1 aromatic heterocycles. The molecule has 1 fully saturated rings. The highest BCUT2D eigenvalue weighted by molar-refractivity contribution is 5.83. The molecule has 1 aliphatic rings. The van der Waals surface area contributed by atoms with Crippen LogP contribution >= 0.6 is 0 Å². The third kappa shape index (κ3) is 1.35. The molecule has 0 bridgehead atoms. The van der Waals surface area contributed by atoms with E-state index in [1.807, 2.05) is 6.92 Å². The molecule has 1 aromatic rings. The van der Waals surface area contributed by atoms with Gasteiger partial charge in [0.05, 0.1) is 0 Å². The molecule has 7 nitrogen and oxygen atoms in total. The normalized spacial score (nSPS) is 25.0. The Kier molecular flexibility index (Phi) is 2.53. The third-order valence-electron chi connectivity index (χ3n) is 3.31. The number of rotatable bonds is 3. The largest absolute Gasteiger partial charge is 0.479 e. The minimum Gasteiger partial charge on any atom is -0.479 e. The van der Waals surface area contributed by atoms with Crippen molar-refractivity contribution in [3.8, 4) is 0 Å². The first-order valence-corrected chi connectivity index (χ1v) is 5.35. The van der Waals surface area contributed by atoms with Crippen LogP contribution in [0.2, 0.25) is 0 Å². The second-order valence-corrected chi connectivity index (χ2v) is 4.05. The topological polar surface area (TPSA) is 84.1 Å². The van der Waals surface area contributed by atoms with Crippen molar-refractivity contribution < 1.29 is 9.90 Å². The molecule has 1 N–H and O–H groups in total. The first kappa shape index (κ1) is 10.8. The molecule has 1 saturated heterocycles. The van der Waals surface area contributed by atoms with E-state index < -0.39 is 11.5 Å². The number of aromatic nitrogens is 4. The number of carboxylic acid groups (broad SMARTS) is 1. The second kappa shape index (κ2) is 3.73. The number of anilines is 1. The summed E-state index contributed by atoms with van der Waals surface area (Å²) in [5.74, 6) is -0.266. The van der Waals surface area contributed by atoms with Crippen LogP contribution in [0.5, 0.6) is 0 Å². The lowest BCUT2D eigenvalue weighted by molar-refractivity contribution is -0.143. The van der Waals surface area contributed by atoms with Gasteiger partial charge >= 0.3 is 5.97 Å². The quantitative estimate of drug-likeness (QED) is 0.782. The van der Waals surface area contributed by atoms with Crippen LogP contribution in [-0.4, -0.2) is 43.4 Å². The van der Waals surface area contributed by atoms with Crippen molar-refractivity contribution in [3.63, 3.8) is 0 Å². The molecule has 0 saturated carbocycles. The highest BCUT2D eigenvalue weighted by Gasteiger charge is 2.48. The van der Waals surface area contributed by atoms with Gasteiger partial charge in [0.1, 0.15) is 5.54 Å².